The van der Waals surface area contributed by atoms with E-state index in [1.165, 1.54) is 6.20 Å². The van der Waals surface area contributed by atoms with Gasteiger partial charge in [-0.3, -0.25) is 4.79 Å². The van der Waals surface area contributed by atoms with Gasteiger partial charge in [0, 0.05) is 31.4 Å². The van der Waals surface area contributed by atoms with Crippen LogP contribution in [0.5, 0.6) is 0 Å². The van der Waals surface area contributed by atoms with Gasteiger partial charge in [0.2, 0.25) is 5.43 Å². The molecule has 1 aromatic heterocycles. The van der Waals surface area contributed by atoms with Gasteiger partial charge >= 0.3 is 5.97 Å². The lowest BCUT2D eigenvalue weighted by molar-refractivity contribution is 0.0695. The molecule has 5 rings (SSSR count). The van der Waals surface area contributed by atoms with Crippen molar-refractivity contribution in [1.82, 2.24) is 4.57 Å². The zero-order valence-electron chi connectivity index (χ0n) is 14.5. The van der Waals surface area contributed by atoms with Crippen molar-refractivity contribution in [2.45, 2.75) is 31.3 Å². The molecular weight excluding hydrogens is 373 g/mol. The van der Waals surface area contributed by atoms with Crippen molar-refractivity contribution in [3.05, 3.63) is 38.9 Å². The van der Waals surface area contributed by atoms with Gasteiger partial charge in [-0.05, 0) is 37.2 Å². The number of carboxylic acids is 1. The van der Waals surface area contributed by atoms with E-state index >= 15 is 4.39 Å². The van der Waals surface area contributed by atoms with E-state index in [0.717, 1.165) is 25.3 Å². The SMILES string of the molecule is NC1CC2CN(c3c(F)cc4c(=O)c(C(=O)O)cn(C5CC5)c4c3Cl)CC12. The van der Waals surface area contributed by atoms with E-state index in [4.69, 9.17) is 17.3 Å². The number of hydrogen-bond donors (Lipinski definition) is 2. The Morgan fingerprint density at radius 3 is 2.67 bits per heavy atom. The van der Waals surface area contributed by atoms with Crippen molar-refractivity contribution in [2.24, 2.45) is 17.6 Å². The summed E-state index contributed by atoms with van der Waals surface area (Å²) in [6, 6.07) is 1.37. The molecule has 1 aliphatic heterocycles. The van der Waals surface area contributed by atoms with Crippen LogP contribution in [0.25, 0.3) is 10.9 Å². The Labute approximate surface area is 159 Å². The number of benzene rings is 1. The lowest BCUT2D eigenvalue weighted by Gasteiger charge is -2.36. The summed E-state index contributed by atoms with van der Waals surface area (Å²) in [4.78, 5) is 26.0. The quantitative estimate of drug-likeness (QED) is 0.839. The number of aromatic carboxylic acids is 1. The van der Waals surface area contributed by atoms with Gasteiger partial charge in [0.15, 0.2) is 0 Å². The second-order valence-corrected chi connectivity index (χ2v) is 8.34. The maximum atomic E-state index is 15.0. The average molecular weight is 392 g/mol. The predicted molar refractivity (Wildman–Crippen MR) is 100 cm³/mol. The van der Waals surface area contributed by atoms with Crippen LogP contribution in [0.3, 0.4) is 0 Å². The molecule has 142 valence electrons. The average Bonchev–Trinajstić information content (AvgIpc) is 3.39. The molecule has 1 saturated heterocycles. The van der Waals surface area contributed by atoms with E-state index in [1.54, 1.807) is 4.57 Å². The Hall–Kier alpha value is -2.12. The van der Waals surface area contributed by atoms with Gasteiger partial charge < -0.3 is 20.3 Å². The highest BCUT2D eigenvalue weighted by atomic mass is 35.5. The fourth-order valence-corrected chi connectivity index (χ4v) is 5.07. The number of anilines is 1. The normalized spacial score (nSPS) is 26.9. The van der Waals surface area contributed by atoms with Gasteiger partial charge in [-0.25, -0.2) is 9.18 Å². The number of rotatable bonds is 3. The number of fused-ring (bicyclic) bond motifs is 2. The van der Waals surface area contributed by atoms with Gasteiger partial charge in [0.1, 0.15) is 11.4 Å². The molecule has 1 aromatic carbocycles. The van der Waals surface area contributed by atoms with Crippen LogP contribution in [0.4, 0.5) is 10.1 Å². The molecule has 2 aromatic rings. The first-order valence-corrected chi connectivity index (χ1v) is 9.55. The van der Waals surface area contributed by atoms with Crippen molar-refractivity contribution in [3.63, 3.8) is 0 Å². The number of nitrogens with zero attached hydrogens (tertiary/aromatic N) is 2. The summed E-state index contributed by atoms with van der Waals surface area (Å²) in [6.45, 7) is 1.34. The number of halogens is 2. The number of pyridine rings is 1. The monoisotopic (exact) mass is 391 g/mol. The van der Waals surface area contributed by atoms with Crippen molar-refractivity contribution >= 4 is 34.2 Å². The van der Waals surface area contributed by atoms with Crippen LogP contribution in [0.2, 0.25) is 5.02 Å². The molecule has 6 nitrogen and oxygen atoms in total. The van der Waals surface area contributed by atoms with E-state index < -0.39 is 17.2 Å². The van der Waals surface area contributed by atoms with Gasteiger partial charge in [-0.15, -0.1) is 0 Å². The zero-order chi connectivity index (χ0) is 19.0. The Balaban J connectivity index is 1.73. The number of nitrogens with two attached hydrogens (primary N) is 1. The first-order valence-electron chi connectivity index (χ1n) is 9.17. The van der Waals surface area contributed by atoms with E-state index in [0.29, 0.717) is 36.1 Å². The largest absolute Gasteiger partial charge is 0.477 e. The van der Waals surface area contributed by atoms with E-state index in [9.17, 15) is 14.7 Å². The van der Waals surface area contributed by atoms with Gasteiger partial charge in [0.05, 0.1) is 21.6 Å². The second-order valence-electron chi connectivity index (χ2n) is 7.96. The van der Waals surface area contributed by atoms with Crippen molar-refractivity contribution < 1.29 is 14.3 Å². The van der Waals surface area contributed by atoms with Gasteiger partial charge in [0.25, 0.3) is 0 Å². The van der Waals surface area contributed by atoms with Crippen LogP contribution in [-0.4, -0.2) is 34.8 Å². The lowest BCUT2D eigenvalue weighted by atomic mass is 9.72. The van der Waals surface area contributed by atoms with Crippen LogP contribution in [-0.2, 0) is 0 Å². The molecule has 3 atom stereocenters. The van der Waals surface area contributed by atoms with Crippen molar-refractivity contribution in [3.8, 4) is 0 Å². The van der Waals surface area contributed by atoms with E-state index in [2.05, 4.69) is 0 Å². The molecule has 0 bridgehead atoms. The molecule has 0 spiro atoms. The third-order valence-electron chi connectivity index (χ3n) is 6.29. The third-order valence-corrected chi connectivity index (χ3v) is 6.65. The van der Waals surface area contributed by atoms with Crippen LogP contribution in [0, 0.1) is 17.7 Å². The molecule has 0 radical (unpaired) electrons. The highest BCUT2D eigenvalue weighted by Crippen LogP contribution is 2.46. The number of carbonyl (C=O) groups is 1. The molecule has 2 aliphatic carbocycles. The molecule has 8 heteroatoms. The Morgan fingerprint density at radius 1 is 1.33 bits per heavy atom. The molecule has 3 aliphatic rings. The number of aromatic nitrogens is 1. The van der Waals surface area contributed by atoms with Crippen LogP contribution in [0.1, 0.15) is 35.7 Å². The summed E-state index contributed by atoms with van der Waals surface area (Å²) in [7, 11) is 0. The Morgan fingerprint density at radius 2 is 2.07 bits per heavy atom. The standard InChI is InChI=1S/C19H19ClFN3O3/c20-15-16-10(18(25)12(19(26)27)7-24(16)9-1-2-9)4-13(21)17(15)23-5-8-3-14(22)11(8)6-23/h4,7-9,11,14H,1-3,5-6,22H2,(H,26,27). The molecule has 0 amide bonds. The highest BCUT2D eigenvalue weighted by Gasteiger charge is 2.46. The Bertz CT molecular complexity index is 1050. The van der Waals surface area contributed by atoms with Crippen molar-refractivity contribution in [1.29, 1.82) is 0 Å². The fourth-order valence-electron chi connectivity index (χ4n) is 4.66. The van der Waals surface area contributed by atoms with Crippen molar-refractivity contribution in [2.75, 3.05) is 18.0 Å². The van der Waals surface area contributed by atoms with Crippen LogP contribution in [0.15, 0.2) is 17.1 Å². The van der Waals surface area contributed by atoms with E-state index in [1.807, 2.05) is 4.90 Å². The maximum absolute atomic E-state index is 15.0. The molecule has 2 saturated carbocycles. The highest BCUT2D eigenvalue weighted by molar-refractivity contribution is 6.38. The van der Waals surface area contributed by atoms with Gasteiger partial charge in [-0.1, -0.05) is 11.6 Å². The topological polar surface area (TPSA) is 88.6 Å². The number of hydrogen-bond acceptors (Lipinski definition) is 4. The summed E-state index contributed by atoms with van der Waals surface area (Å²) in [6.07, 6.45) is 4.04. The predicted octanol–water partition coefficient (Wildman–Crippen LogP) is 2.61. The third kappa shape index (κ3) is 2.41. The minimum absolute atomic E-state index is 0.0203. The molecule has 3 unspecified atom stereocenters. The van der Waals surface area contributed by atoms with E-state index in [-0.39, 0.29) is 28.1 Å². The maximum Gasteiger partial charge on any atom is 0.341 e. The lowest BCUT2D eigenvalue weighted by Crippen LogP contribution is -2.46. The smallest absolute Gasteiger partial charge is 0.341 e. The first-order chi connectivity index (χ1) is 12.9. The summed E-state index contributed by atoms with van der Waals surface area (Å²) < 4.78 is 16.8. The summed E-state index contributed by atoms with van der Waals surface area (Å²) in [5, 5.41) is 9.55. The molecule has 2 heterocycles. The minimum atomic E-state index is -1.32. The fraction of sp³-hybridized carbons (Fsp3) is 0.474. The second kappa shape index (κ2) is 5.69. The summed E-state index contributed by atoms with van der Waals surface area (Å²) in [5.41, 5.74) is 5.71. The zero-order valence-corrected chi connectivity index (χ0v) is 15.2. The van der Waals surface area contributed by atoms with Crippen LogP contribution >= 0.6 is 11.6 Å². The molecular formula is C19H19ClFN3O3. The molecule has 27 heavy (non-hydrogen) atoms. The van der Waals surface area contributed by atoms with Crippen LogP contribution < -0.4 is 16.1 Å². The summed E-state index contributed by atoms with van der Waals surface area (Å²) in [5.74, 6) is -1.12. The van der Waals surface area contributed by atoms with Gasteiger partial charge in [-0.2, -0.15) is 0 Å². The first kappa shape index (κ1) is 17.0. The molecule has 3 fully saturated rings. The summed E-state index contributed by atoms with van der Waals surface area (Å²) >= 11 is 6.64. The number of carboxylic acid groups (broad SMARTS) is 1. The Kier molecular flexibility index (Phi) is 3.58. The molecule has 3 N–H and O–H groups in total. The minimum Gasteiger partial charge on any atom is -0.477 e.